The summed E-state index contributed by atoms with van der Waals surface area (Å²) < 4.78 is 0. The SMILES string of the molecule is CCCCN=C1NC(=O)[C@@H](CC(=O)Nc2cccc3ccccc23)S1. The Labute approximate surface area is 151 Å². The first-order chi connectivity index (χ1) is 12.2. The van der Waals surface area contributed by atoms with Gasteiger partial charge in [-0.1, -0.05) is 61.5 Å². The Morgan fingerprint density at radius 1 is 1.24 bits per heavy atom. The molecule has 0 radical (unpaired) electrons. The lowest BCUT2D eigenvalue weighted by atomic mass is 10.1. The molecule has 0 spiro atoms. The quantitative estimate of drug-likeness (QED) is 0.779. The Hall–Kier alpha value is -2.34. The van der Waals surface area contributed by atoms with Crippen LogP contribution >= 0.6 is 11.8 Å². The van der Waals surface area contributed by atoms with Crippen LogP contribution in [0.3, 0.4) is 0 Å². The van der Waals surface area contributed by atoms with Crippen molar-refractivity contribution in [3.8, 4) is 0 Å². The predicted octanol–water partition coefficient (Wildman–Crippen LogP) is 3.56. The van der Waals surface area contributed by atoms with Crippen molar-refractivity contribution in [2.75, 3.05) is 11.9 Å². The third kappa shape index (κ3) is 4.39. The number of thioether (sulfide) groups is 1. The molecule has 25 heavy (non-hydrogen) atoms. The number of aliphatic imine (C=N–C) groups is 1. The Morgan fingerprint density at radius 3 is 2.88 bits per heavy atom. The molecule has 6 heteroatoms. The van der Waals surface area contributed by atoms with Crippen molar-refractivity contribution in [1.29, 1.82) is 0 Å². The summed E-state index contributed by atoms with van der Waals surface area (Å²) >= 11 is 1.34. The molecule has 1 atom stereocenters. The van der Waals surface area contributed by atoms with Crippen LogP contribution in [0.5, 0.6) is 0 Å². The van der Waals surface area contributed by atoms with Crippen LogP contribution in [-0.2, 0) is 9.59 Å². The molecule has 1 heterocycles. The third-order valence-electron chi connectivity index (χ3n) is 3.98. The lowest BCUT2D eigenvalue weighted by Crippen LogP contribution is -2.28. The van der Waals surface area contributed by atoms with Crippen LogP contribution in [0.15, 0.2) is 47.5 Å². The van der Waals surface area contributed by atoms with Gasteiger partial charge in [-0.2, -0.15) is 0 Å². The van der Waals surface area contributed by atoms with Gasteiger partial charge in [-0.25, -0.2) is 0 Å². The van der Waals surface area contributed by atoms with Gasteiger partial charge in [0.2, 0.25) is 11.8 Å². The highest BCUT2D eigenvalue weighted by atomic mass is 32.2. The second-order valence-electron chi connectivity index (χ2n) is 5.92. The molecule has 2 aromatic carbocycles. The molecule has 130 valence electrons. The fourth-order valence-corrected chi connectivity index (χ4v) is 3.65. The Kier molecular flexibility index (Phi) is 5.71. The summed E-state index contributed by atoms with van der Waals surface area (Å²) in [6.45, 7) is 2.80. The number of amidine groups is 1. The number of amides is 2. The Bertz CT molecular complexity index is 814. The number of nitrogens with zero attached hydrogens (tertiary/aromatic N) is 1. The minimum atomic E-state index is -0.421. The largest absolute Gasteiger partial charge is 0.325 e. The summed E-state index contributed by atoms with van der Waals surface area (Å²) in [5, 5.41) is 7.95. The molecule has 0 unspecified atom stereocenters. The van der Waals surface area contributed by atoms with Crippen molar-refractivity contribution in [1.82, 2.24) is 5.32 Å². The van der Waals surface area contributed by atoms with E-state index >= 15 is 0 Å². The number of rotatable bonds is 6. The number of unbranched alkanes of at least 4 members (excludes halogenated alkanes) is 1. The summed E-state index contributed by atoms with van der Waals surface area (Å²) in [4.78, 5) is 28.8. The highest BCUT2D eigenvalue weighted by molar-refractivity contribution is 8.15. The highest BCUT2D eigenvalue weighted by Gasteiger charge is 2.31. The number of hydrogen-bond acceptors (Lipinski definition) is 4. The minimum Gasteiger partial charge on any atom is -0.325 e. The third-order valence-corrected chi connectivity index (χ3v) is 5.10. The molecule has 3 rings (SSSR count). The summed E-state index contributed by atoms with van der Waals surface area (Å²) in [6.07, 6.45) is 2.19. The van der Waals surface area contributed by atoms with E-state index in [0.717, 1.165) is 29.3 Å². The minimum absolute atomic E-state index is 0.131. The fraction of sp³-hybridized carbons (Fsp3) is 0.316. The second kappa shape index (κ2) is 8.16. The van der Waals surface area contributed by atoms with Crippen LogP contribution in [0.25, 0.3) is 10.8 Å². The van der Waals surface area contributed by atoms with Gasteiger partial charge in [0.15, 0.2) is 5.17 Å². The number of anilines is 1. The fourth-order valence-electron chi connectivity index (χ4n) is 2.66. The van der Waals surface area contributed by atoms with Gasteiger partial charge in [-0.15, -0.1) is 0 Å². The maximum Gasteiger partial charge on any atom is 0.240 e. The highest BCUT2D eigenvalue weighted by Crippen LogP contribution is 2.25. The number of nitrogens with one attached hydrogen (secondary N) is 2. The smallest absolute Gasteiger partial charge is 0.240 e. The molecule has 1 aliphatic rings. The number of fused-ring (bicyclic) bond motifs is 1. The van der Waals surface area contributed by atoms with E-state index in [1.165, 1.54) is 11.8 Å². The maximum absolute atomic E-state index is 12.4. The number of carbonyl (C=O) groups excluding carboxylic acids is 2. The molecular weight excluding hydrogens is 334 g/mol. The van der Waals surface area contributed by atoms with E-state index < -0.39 is 5.25 Å². The van der Waals surface area contributed by atoms with Gasteiger partial charge >= 0.3 is 0 Å². The van der Waals surface area contributed by atoms with Crippen molar-refractivity contribution < 1.29 is 9.59 Å². The number of hydrogen-bond donors (Lipinski definition) is 2. The van der Waals surface area contributed by atoms with Gasteiger partial charge in [-0.05, 0) is 17.9 Å². The zero-order chi connectivity index (χ0) is 17.6. The average Bonchev–Trinajstić information content (AvgIpc) is 2.95. The summed E-state index contributed by atoms with van der Waals surface area (Å²) in [5.74, 6) is -0.313. The monoisotopic (exact) mass is 355 g/mol. The molecule has 1 aliphatic heterocycles. The summed E-state index contributed by atoms with van der Waals surface area (Å²) in [5.41, 5.74) is 0.767. The molecule has 0 saturated carbocycles. The van der Waals surface area contributed by atoms with Crippen molar-refractivity contribution in [3.05, 3.63) is 42.5 Å². The maximum atomic E-state index is 12.4. The molecule has 1 fully saturated rings. The number of benzene rings is 2. The van der Waals surface area contributed by atoms with E-state index in [9.17, 15) is 9.59 Å². The van der Waals surface area contributed by atoms with Crippen LogP contribution in [0.1, 0.15) is 26.2 Å². The number of carbonyl (C=O) groups is 2. The van der Waals surface area contributed by atoms with Gasteiger partial charge in [0.05, 0.1) is 0 Å². The molecule has 2 N–H and O–H groups in total. The van der Waals surface area contributed by atoms with E-state index in [4.69, 9.17) is 0 Å². The molecule has 2 aromatic rings. The lowest BCUT2D eigenvalue weighted by Gasteiger charge is -2.10. The van der Waals surface area contributed by atoms with E-state index in [-0.39, 0.29) is 18.2 Å². The first-order valence-corrected chi connectivity index (χ1v) is 9.35. The average molecular weight is 355 g/mol. The summed E-state index contributed by atoms with van der Waals surface area (Å²) in [6, 6.07) is 13.7. The van der Waals surface area contributed by atoms with Gasteiger partial charge < -0.3 is 10.6 Å². The molecule has 0 aliphatic carbocycles. The second-order valence-corrected chi connectivity index (χ2v) is 7.11. The van der Waals surface area contributed by atoms with Gasteiger partial charge in [0, 0.05) is 24.0 Å². The standard InChI is InChI=1S/C19H21N3O2S/c1-2-3-11-20-19-22-18(24)16(25-19)12-17(23)21-15-10-6-8-13-7-4-5-9-14(13)15/h4-10,16H,2-3,11-12H2,1H3,(H,21,23)(H,20,22,24)/t16-/m1/s1. The van der Waals surface area contributed by atoms with Gasteiger partial charge in [0.25, 0.3) is 0 Å². The van der Waals surface area contributed by atoms with Gasteiger partial charge in [-0.3, -0.25) is 14.6 Å². The van der Waals surface area contributed by atoms with Crippen LogP contribution in [0, 0.1) is 0 Å². The summed E-state index contributed by atoms with van der Waals surface area (Å²) in [7, 11) is 0. The molecule has 5 nitrogen and oxygen atoms in total. The van der Waals surface area contributed by atoms with Gasteiger partial charge in [0.1, 0.15) is 5.25 Å². The van der Waals surface area contributed by atoms with E-state index in [0.29, 0.717) is 11.7 Å². The normalized spacial score (nSPS) is 18.5. The molecule has 0 bridgehead atoms. The van der Waals surface area contributed by atoms with Crippen LogP contribution < -0.4 is 10.6 Å². The van der Waals surface area contributed by atoms with Crippen molar-refractivity contribution in [3.63, 3.8) is 0 Å². The van der Waals surface area contributed by atoms with Crippen molar-refractivity contribution >= 4 is 45.2 Å². The zero-order valence-electron chi connectivity index (χ0n) is 14.1. The van der Waals surface area contributed by atoms with E-state index in [2.05, 4.69) is 22.5 Å². The molecule has 0 aromatic heterocycles. The van der Waals surface area contributed by atoms with Crippen LogP contribution in [0.2, 0.25) is 0 Å². The van der Waals surface area contributed by atoms with E-state index in [1.54, 1.807) is 0 Å². The van der Waals surface area contributed by atoms with Crippen molar-refractivity contribution in [2.45, 2.75) is 31.4 Å². The van der Waals surface area contributed by atoms with Crippen molar-refractivity contribution in [2.24, 2.45) is 4.99 Å². The van der Waals surface area contributed by atoms with Crippen LogP contribution in [-0.4, -0.2) is 28.8 Å². The van der Waals surface area contributed by atoms with E-state index in [1.807, 2.05) is 42.5 Å². The molecule has 1 saturated heterocycles. The zero-order valence-corrected chi connectivity index (χ0v) is 14.9. The molecular formula is C19H21N3O2S. The first-order valence-electron chi connectivity index (χ1n) is 8.47. The predicted molar refractivity (Wildman–Crippen MR) is 104 cm³/mol. The Morgan fingerprint density at radius 2 is 2.04 bits per heavy atom. The topological polar surface area (TPSA) is 70.6 Å². The first kappa shape index (κ1) is 17.5. The lowest BCUT2D eigenvalue weighted by molar-refractivity contribution is -0.122. The molecule has 2 amide bonds. The van der Waals surface area contributed by atoms with Crippen LogP contribution in [0.4, 0.5) is 5.69 Å². The Balaban J connectivity index is 1.63.